The Morgan fingerprint density at radius 1 is 0.810 bits per heavy atom. The lowest BCUT2D eigenvalue weighted by atomic mass is 10.1. The predicted molar refractivity (Wildman–Crippen MR) is 143 cm³/mol. The van der Waals surface area contributed by atoms with E-state index in [0.717, 1.165) is 7.11 Å². The number of aryl methyl sites for hydroxylation is 2. The van der Waals surface area contributed by atoms with E-state index in [1.54, 1.807) is 18.5 Å². The predicted octanol–water partition coefficient (Wildman–Crippen LogP) is 2.26. The maximum Gasteiger partial charge on any atom is 0.374 e. The molecule has 4 aromatic rings. The highest BCUT2D eigenvalue weighted by molar-refractivity contribution is 6.34. The van der Waals surface area contributed by atoms with E-state index in [-0.39, 0.29) is 29.1 Å². The number of ether oxygens (including phenoxy) is 1. The van der Waals surface area contributed by atoms with Crippen LogP contribution in [0.15, 0.2) is 48.8 Å². The molecule has 0 spiro atoms. The minimum absolute atomic E-state index is 0.0376. The van der Waals surface area contributed by atoms with Crippen LogP contribution in [0.4, 0.5) is 11.4 Å². The van der Waals surface area contributed by atoms with Crippen LogP contribution in [0, 0.1) is 20.2 Å². The number of nitro benzene ring substituents is 2. The van der Waals surface area contributed by atoms with Crippen LogP contribution >= 0.6 is 0 Å². The van der Waals surface area contributed by atoms with Crippen LogP contribution in [-0.2, 0) is 44.8 Å². The molecular formula is C26H24N8O8. The van der Waals surface area contributed by atoms with Crippen LogP contribution in [0.5, 0.6) is 0 Å². The molecule has 16 heteroatoms. The standard InChI is InChI=1S/C26H24N8O8/c1-16(35)10-17-6-8-21(12-23(17)33(38)39)31-14-19(27-29-31)4-3-5-20-15-32(30-28-20)22-9-7-18(24(13-22)34(40)41)11-25(36)26(37)42-2/h6-9,12-15H,3-5,10-11H2,1-2H3. The highest BCUT2D eigenvalue weighted by atomic mass is 16.6. The van der Waals surface area contributed by atoms with Gasteiger partial charge in [-0.1, -0.05) is 10.4 Å². The van der Waals surface area contributed by atoms with Crippen molar-refractivity contribution in [2.24, 2.45) is 0 Å². The highest BCUT2D eigenvalue weighted by Crippen LogP contribution is 2.25. The Hall–Kier alpha value is -5.67. The van der Waals surface area contributed by atoms with Crippen LogP contribution in [0.3, 0.4) is 0 Å². The molecule has 0 amide bonds. The molecule has 0 aliphatic rings. The monoisotopic (exact) mass is 576 g/mol. The van der Waals surface area contributed by atoms with Crippen molar-refractivity contribution in [3.05, 3.63) is 91.5 Å². The number of hydrogen-bond acceptors (Lipinski definition) is 12. The Kier molecular flexibility index (Phi) is 8.84. The van der Waals surface area contributed by atoms with Gasteiger partial charge in [0.2, 0.25) is 5.78 Å². The number of carbonyl (C=O) groups is 3. The summed E-state index contributed by atoms with van der Waals surface area (Å²) in [6.07, 6.45) is 4.41. The lowest BCUT2D eigenvalue weighted by Gasteiger charge is -2.05. The molecule has 2 aromatic heterocycles. The summed E-state index contributed by atoms with van der Waals surface area (Å²) >= 11 is 0. The van der Waals surface area contributed by atoms with Crippen molar-refractivity contribution >= 4 is 28.9 Å². The summed E-state index contributed by atoms with van der Waals surface area (Å²) in [5, 5.41) is 39.4. The molecule has 0 saturated heterocycles. The third-order valence-corrected chi connectivity index (χ3v) is 6.21. The zero-order valence-electron chi connectivity index (χ0n) is 22.5. The third-order valence-electron chi connectivity index (χ3n) is 6.21. The number of rotatable bonds is 13. The quantitative estimate of drug-likeness (QED) is 0.0971. The van der Waals surface area contributed by atoms with Crippen molar-refractivity contribution < 1.29 is 29.0 Å². The lowest BCUT2D eigenvalue weighted by molar-refractivity contribution is -0.385. The first-order valence-electron chi connectivity index (χ1n) is 12.5. The molecule has 216 valence electrons. The van der Waals surface area contributed by atoms with E-state index in [2.05, 4.69) is 25.4 Å². The molecular weight excluding hydrogens is 552 g/mol. The summed E-state index contributed by atoms with van der Waals surface area (Å²) in [5.41, 5.74) is 1.92. The van der Waals surface area contributed by atoms with Gasteiger partial charge in [0.25, 0.3) is 11.4 Å². The fourth-order valence-electron chi connectivity index (χ4n) is 4.18. The van der Waals surface area contributed by atoms with E-state index in [9.17, 15) is 34.6 Å². The van der Waals surface area contributed by atoms with E-state index < -0.39 is 28.0 Å². The minimum atomic E-state index is -1.08. The first kappa shape index (κ1) is 29.3. The Labute approximate surface area is 237 Å². The van der Waals surface area contributed by atoms with Gasteiger partial charge in [-0.2, -0.15) is 0 Å². The molecule has 42 heavy (non-hydrogen) atoms. The van der Waals surface area contributed by atoms with E-state index >= 15 is 0 Å². The van der Waals surface area contributed by atoms with Crippen LogP contribution < -0.4 is 0 Å². The lowest BCUT2D eigenvalue weighted by Crippen LogP contribution is -2.18. The molecule has 0 radical (unpaired) electrons. The topological polar surface area (TPSA) is 208 Å². The van der Waals surface area contributed by atoms with Gasteiger partial charge in [-0.3, -0.25) is 29.8 Å². The second-order valence-corrected chi connectivity index (χ2v) is 9.27. The number of nitrogens with zero attached hydrogens (tertiary/aromatic N) is 8. The molecule has 0 atom stereocenters. The third kappa shape index (κ3) is 6.90. The first-order valence-corrected chi connectivity index (χ1v) is 12.5. The summed E-state index contributed by atoms with van der Waals surface area (Å²) in [7, 11) is 1.05. The van der Waals surface area contributed by atoms with Crippen molar-refractivity contribution in [1.29, 1.82) is 0 Å². The Morgan fingerprint density at radius 3 is 1.71 bits per heavy atom. The molecule has 2 aromatic carbocycles. The van der Waals surface area contributed by atoms with E-state index in [4.69, 9.17) is 0 Å². The average Bonchev–Trinajstić information content (AvgIpc) is 3.63. The average molecular weight is 577 g/mol. The number of carbonyl (C=O) groups excluding carboxylic acids is 3. The van der Waals surface area contributed by atoms with Gasteiger partial charge in [0.05, 0.1) is 52.1 Å². The zero-order valence-corrected chi connectivity index (χ0v) is 22.5. The van der Waals surface area contributed by atoms with Crippen molar-refractivity contribution in [3.63, 3.8) is 0 Å². The number of hydrogen-bond donors (Lipinski definition) is 0. The second kappa shape index (κ2) is 12.7. The number of esters is 1. The van der Waals surface area contributed by atoms with Crippen LogP contribution in [0.25, 0.3) is 11.4 Å². The number of Topliss-reactive ketones (excluding diaryl/α,β-unsaturated/α-hetero) is 2. The summed E-state index contributed by atoms with van der Waals surface area (Å²) in [6, 6.07) is 8.67. The van der Waals surface area contributed by atoms with Crippen LogP contribution in [0.1, 0.15) is 35.9 Å². The summed E-state index contributed by atoms with van der Waals surface area (Å²) < 4.78 is 7.16. The van der Waals surface area contributed by atoms with E-state index in [1.165, 1.54) is 46.6 Å². The Balaban J connectivity index is 1.40. The fourth-order valence-corrected chi connectivity index (χ4v) is 4.18. The molecule has 0 fully saturated rings. The molecule has 16 nitrogen and oxygen atoms in total. The van der Waals surface area contributed by atoms with Crippen LogP contribution in [0.2, 0.25) is 0 Å². The molecule has 0 bridgehead atoms. The number of ketones is 2. The summed E-state index contributed by atoms with van der Waals surface area (Å²) in [4.78, 5) is 56.6. The largest absolute Gasteiger partial charge is 0.463 e. The Morgan fingerprint density at radius 2 is 1.29 bits per heavy atom. The fraction of sp³-hybridized carbons (Fsp3) is 0.269. The van der Waals surface area contributed by atoms with Gasteiger partial charge < -0.3 is 4.74 Å². The maximum absolute atomic E-state index is 11.9. The number of benzene rings is 2. The number of methoxy groups -OCH3 is 1. The molecule has 0 saturated carbocycles. The molecule has 0 unspecified atom stereocenters. The van der Waals surface area contributed by atoms with Gasteiger partial charge in [-0.15, -0.1) is 10.2 Å². The molecule has 0 aliphatic heterocycles. The van der Waals surface area contributed by atoms with Crippen LogP contribution in [-0.4, -0.2) is 64.5 Å². The van der Waals surface area contributed by atoms with Gasteiger partial charge in [-0.25, -0.2) is 14.2 Å². The summed E-state index contributed by atoms with van der Waals surface area (Å²) in [6.45, 7) is 1.37. The van der Waals surface area contributed by atoms with Crippen molar-refractivity contribution in [2.45, 2.75) is 39.0 Å². The number of aromatic nitrogens is 6. The SMILES string of the molecule is COC(=O)C(=O)Cc1ccc(-n2cc(CCCc3cn(-c4ccc(CC(C)=O)c([N+](=O)[O-])c4)nn3)nn2)cc1[N+](=O)[O-]. The van der Waals surface area contributed by atoms with Gasteiger partial charge in [-0.05, 0) is 50.5 Å². The zero-order chi connectivity index (χ0) is 30.4. The highest BCUT2D eigenvalue weighted by Gasteiger charge is 2.22. The molecule has 2 heterocycles. The van der Waals surface area contributed by atoms with Gasteiger partial charge in [0.15, 0.2) is 0 Å². The first-order chi connectivity index (χ1) is 20.0. The number of nitro groups is 2. The van der Waals surface area contributed by atoms with E-state index in [1.807, 2.05) is 0 Å². The molecule has 0 aliphatic carbocycles. The molecule has 4 rings (SSSR count). The van der Waals surface area contributed by atoms with Gasteiger partial charge in [0.1, 0.15) is 5.78 Å². The van der Waals surface area contributed by atoms with Crippen molar-refractivity contribution in [1.82, 2.24) is 30.0 Å². The maximum atomic E-state index is 11.9. The van der Waals surface area contributed by atoms with Gasteiger partial charge >= 0.3 is 5.97 Å². The van der Waals surface area contributed by atoms with Crippen molar-refractivity contribution in [2.75, 3.05) is 7.11 Å². The smallest absolute Gasteiger partial charge is 0.374 e. The molecule has 0 N–H and O–H groups in total. The second-order valence-electron chi connectivity index (χ2n) is 9.27. The normalized spacial score (nSPS) is 10.8. The minimum Gasteiger partial charge on any atom is -0.463 e. The van der Waals surface area contributed by atoms with Crippen molar-refractivity contribution in [3.8, 4) is 11.4 Å². The van der Waals surface area contributed by atoms with E-state index in [0.29, 0.717) is 47.6 Å². The summed E-state index contributed by atoms with van der Waals surface area (Å²) in [5.74, 6) is -2.17. The van der Waals surface area contributed by atoms with Gasteiger partial charge in [0, 0.05) is 36.1 Å². The Bertz CT molecular complexity index is 1690.